The Morgan fingerprint density at radius 1 is 1.30 bits per heavy atom. The lowest BCUT2D eigenvalue weighted by Crippen LogP contribution is -2.43. The molecule has 0 aliphatic carbocycles. The minimum atomic E-state index is -0.807. The molecule has 5 heteroatoms. The third-order valence-corrected chi connectivity index (χ3v) is 3.84. The molecule has 0 bridgehead atoms. The van der Waals surface area contributed by atoms with Gasteiger partial charge in [0.2, 0.25) is 5.88 Å². The van der Waals surface area contributed by atoms with Crippen molar-refractivity contribution in [1.29, 1.82) is 0 Å². The van der Waals surface area contributed by atoms with Gasteiger partial charge in [0.15, 0.2) is 0 Å². The first-order valence-electron chi connectivity index (χ1n) is 8.42. The molecule has 0 aliphatic rings. The van der Waals surface area contributed by atoms with Gasteiger partial charge in [-0.15, -0.1) is 0 Å². The number of ether oxygens (including phenoxy) is 2. The van der Waals surface area contributed by atoms with Crippen LogP contribution >= 0.6 is 0 Å². The zero-order valence-corrected chi connectivity index (χ0v) is 15.1. The SMILES string of the molecule is CCCCC[C@@](C)(OCCC)C(=O)Nc1cnc(OC)c(C)c1. The minimum absolute atomic E-state index is 0.117. The molecule has 0 aliphatic heterocycles. The second-order valence-electron chi connectivity index (χ2n) is 6.04. The number of hydrogen-bond donors (Lipinski definition) is 1. The number of aromatic nitrogens is 1. The van der Waals surface area contributed by atoms with Crippen LogP contribution in [0.3, 0.4) is 0 Å². The number of amides is 1. The molecule has 130 valence electrons. The molecule has 0 fully saturated rings. The lowest BCUT2D eigenvalue weighted by Gasteiger charge is -2.28. The number of methoxy groups -OCH3 is 1. The van der Waals surface area contributed by atoms with Crippen LogP contribution in [0.2, 0.25) is 0 Å². The highest BCUT2D eigenvalue weighted by molar-refractivity contribution is 5.97. The Balaban J connectivity index is 2.80. The molecule has 23 heavy (non-hydrogen) atoms. The van der Waals surface area contributed by atoms with E-state index < -0.39 is 5.60 Å². The van der Waals surface area contributed by atoms with Crippen molar-refractivity contribution in [3.63, 3.8) is 0 Å². The van der Waals surface area contributed by atoms with E-state index in [9.17, 15) is 4.79 Å². The molecule has 0 saturated heterocycles. The topological polar surface area (TPSA) is 60.5 Å². The van der Waals surface area contributed by atoms with Crippen LogP contribution in [0.5, 0.6) is 5.88 Å². The van der Waals surface area contributed by atoms with E-state index in [2.05, 4.69) is 17.2 Å². The molecule has 0 spiro atoms. The van der Waals surface area contributed by atoms with Gasteiger partial charge in [0.05, 0.1) is 19.0 Å². The number of nitrogens with one attached hydrogen (secondary N) is 1. The van der Waals surface area contributed by atoms with Gasteiger partial charge >= 0.3 is 0 Å². The summed E-state index contributed by atoms with van der Waals surface area (Å²) in [6.07, 6.45) is 6.41. The van der Waals surface area contributed by atoms with Crippen LogP contribution < -0.4 is 10.1 Å². The monoisotopic (exact) mass is 322 g/mol. The summed E-state index contributed by atoms with van der Waals surface area (Å²) >= 11 is 0. The third kappa shape index (κ3) is 5.82. The molecule has 5 nitrogen and oxygen atoms in total. The van der Waals surface area contributed by atoms with Crippen LogP contribution in [-0.2, 0) is 9.53 Å². The molecule has 0 aromatic carbocycles. The predicted octanol–water partition coefficient (Wildman–Crippen LogP) is 4.10. The summed E-state index contributed by atoms with van der Waals surface area (Å²) in [5, 5.41) is 2.93. The zero-order chi connectivity index (χ0) is 17.3. The van der Waals surface area contributed by atoms with Gasteiger partial charge in [0.25, 0.3) is 5.91 Å². The highest BCUT2D eigenvalue weighted by Crippen LogP contribution is 2.24. The molecule has 1 aromatic heterocycles. The number of rotatable bonds is 10. The van der Waals surface area contributed by atoms with E-state index in [0.29, 0.717) is 18.2 Å². The number of carbonyl (C=O) groups is 1. The largest absolute Gasteiger partial charge is 0.481 e. The number of nitrogens with zero attached hydrogens (tertiary/aromatic N) is 1. The molecule has 1 amide bonds. The maximum absolute atomic E-state index is 12.7. The summed E-state index contributed by atoms with van der Waals surface area (Å²) in [5.41, 5.74) is 0.738. The fourth-order valence-electron chi connectivity index (χ4n) is 2.40. The van der Waals surface area contributed by atoms with Gasteiger partial charge in [-0.2, -0.15) is 0 Å². The van der Waals surface area contributed by atoms with Crippen molar-refractivity contribution >= 4 is 11.6 Å². The van der Waals surface area contributed by atoms with Gasteiger partial charge in [-0.25, -0.2) is 4.98 Å². The number of pyridine rings is 1. The first kappa shape index (κ1) is 19.4. The van der Waals surface area contributed by atoms with Gasteiger partial charge < -0.3 is 14.8 Å². The summed E-state index contributed by atoms with van der Waals surface area (Å²) < 4.78 is 11.0. The summed E-state index contributed by atoms with van der Waals surface area (Å²) in [5.74, 6) is 0.448. The second kappa shape index (κ2) is 9.50. The van der Waals surface area contributed by atoms with E-state index in [1.807, 2.05) is 26.8 Å². The van der Waals surface area contributed by atoms with Crippen molar-refractivity contribution in [3.8, 4) is 5.88 Å². The predicted molar refractivity (Wildman–Crippen MR) is 92.9 cm³/mol. The molecular weight excluding hydrogens is 292 g/mol. The normalized spacial score (nSPS) is 13.4. The number of aryl methyl sites for hydroxylation is 1. The van der Waals surface area contributed by atoms with Crippen LogP contribution in [-0.4, -0.2) is 30.2 Å². The number of unbranched alkanes of at least 4 members (excludes halogenated alkanes) is 2. The number of carbonyl (C=O) groups excluding carboxylic acids is 1. The van der Waals surface area contributed by atoms with Crippen molar-refractivity contribution in [2.75, 3.05) is 19.0 Å². The molecule has 1 heterocycles. The van der Waals surface area contributed by atoms with Crippen LogP contribution in [0.4, 0.5) is 5.69 Å². The van der Waals surface area contributed by atoms with Crippen LogP contribution in [0.1, 0.15) is 58.4 Å². The standard InChI is InChI=1S/C18H30N2O3/c1-6-8-9-10-18(4,23-11-7-2)17(21)20-15-12-14(3)16(22-5)19-13-15/h12-13H,6-11H2,1-5H3,(H,20,21)/t18-/m1/s1. The van der Waals surface area contributed by atoms with Crippen molar-refractivity contribution in [2.45, 2.75) is 65.4 Å². The highest BCUT2D eigenvalue weighted by Gasteiger charge is 2.33. The van der Waals surface area contributed by atoms with Gasteiger partial charge in [0, 0.05) is 12.2 Å². The molecule has 0 saturated carbocycles. The molecule has 1 atom stereocenters. The van der Waals surface area contributed by atoms with Crippen molar-refractivity contribution in [2.24, 2.45) is 0 Å². The number of anilines is 1. The van der Waals surface area contributed by atoms with E-state index in [4.69, 9.17) is 9.47 Å². The molecule has 1 rings (SSSR count). The Bertz CT molecular complexity index is 505. The fourth-order valence-corrected chi connectivity index (χ4v) is 2.40. The summed E-state index contributed by atoms with van der Waals surface area (Å²) in [4.78, 5) is 16.9. The van der Waals surface area contributed by atoms with Crippen LogP contribution in [0.15, 0.2) is 12.3 Å². The summed E-state index contributed by atoms with van der Waals surface area (Å²) in [7, 11) is 1.58. The molecule has 0 radical (unpaired) electrons. The zero-order valence-electron chi connectivity index (χ0n) is 15.1. The van der Waals surface area contributed by atoms with Gasteiger partial charge in [-0.3, -0.25) is 4.79 Å². The lowest BCUT2D eigenvalue weighted by molar-refractivity contribution is -0.140. The fraction of sp³-hybridized carbons (Fsp3) is 0.667. The maximum Gasteiger partial charge on any atom is 0.256 e. The van der Waals surface area contributed by atoms with Gasteiger partial charge in [-0.1, -0.05) is 33.1 Å². The van der Waals surface area contributed by atoms with Crippen molar-refractivity contribution < 1.29 is 14.3 Å². The summed E-state index contributed by atoms with van der Waals surface area (Å²) in [6, 6.07) is 1.86. The average Bonchev–Trinajstić information content (AvgIpc) is 2.53. The van der Waals surface area contributed by atoms with Crippen molar-refractivity contribution in [1.82, 2.24) is 4.98 Å². The maximum atomic E-state index is 12.7. The Morgan fingerprint density at radius 2 is 2.04 bits per heavy atom. The second-order valence-corrected chi connectivity index (χ2v) is 6.04. The molecule has 0 unspecified atom stereocenters. The lowest BCUT2D eigenvalue weighted by atomic mass is 9.96. The quantitative estimate of drug-likeness (QED) is 0.659. The van der Waals surface area contributed by atoms with E-state index in [1.54, 1.807) is 13.3 Å². The van der Waals surface area contributed by atoms with Crippen molar-refractivity contribution in [3.05, 3.63) is 17.8 Å². The van der Waals surface area contributed by atoms with E-state index in [-0.39, 0.29) is 5.91 Å². The average molecular weight is 322 g/mol. The first-order valence-corrected chi connectivity index (χ1v) is 8.42. The molecular formula is C18H30N2O3. The van der Waals surface area contributed by atoms with Gasteiger partial charge in [-0.05, 0) is 32.8 Å². The third-order valence-electron chi connectivity index (χ3n) is 3.84. The van der Waals surface area contributed by atoms with E-state index in [0.717, 1.165) is 37.7 Å². The smallest absolute Gasteiger partial charge is 0.256 e. The Hall–Kier alpha value is -1.62. The molecule has 1 aromatic rings. The first-order chi connectivity index (χ1) is 11.0. The Labute approximate surface area is 139 Å². The highest BCUT2D eigenvalue weighted by atomic mass is 16.5. The van der Waals surface area contributed by atoms with E-state index in [1.165, 1.54) is 0 Å². The van der Waals surface area contributed by atoms with Gasteiger partial charge in [0.1, 0.15) is 5.60 Å². The Morgan fingerprint density at radius 3 is 2.61 bits per heavy atom. The summed E-state index contributed by atoms with van der Waals surface area (Å²) in [6.45, 7) is 8.54. The van der Waals surface area contributed by atoms with Crippen LogP contribution in [0, 0.1) is 6.92 Å². The Kier molecular flexibility index (Phi) is 8.03. The van der Waals surface area contributed by atoms with Crippen LogP contribution in [0.25, 0.3) is 0 Å². The minimum Gasteiger partial charge on any atom is -0.481 e. The molecule has 1 N–H and O–H groups in total. The number of hydrogen-bond acceptors (Lipinski definition) is 4. The van der Waals surface area contributed by atoms with E-state index >= 15 is 0 Å².